The molecule has 0 aliphatic carbocycles. The predicted octanol–water partition coefficient (Wildman–Crippen LogP) is 1.47. The monoisotopic (exact) mass is 369 g/mol. The van der Waals surface area contributed by atoms with Gasteiger partial charge in [-0.1, -0.05) is 17.3 Å². The summed E-state index contributed by atoms with van der Waals surface area (Å²) < 4.78 is 41.8. The van der Waals surface area contributed by atoms with Crippen LogP contribution in [0.5, 0.6) is 0 Å². The third-order valence-electron chi connectivity index (χ3n) is 4.28. The van der Waals surface area contributed by atoms with Gasteiger partial charge in [0.05, 0.1) is 6.04 Å². The molecule has 0 spiro atoms. The second-order valence-electron chi connectivity index (χ2n) is 6.15. The molecule has 7 nitrogen and oxygen atoms in total. The van der Waals surface area contributed by atoms with Crippen molar-refractivity contribution in [3.8, 4) is 11.4 Å². The van der Waals surface area contributed by atoms with Gasteiger partial charge in [-0.05, 0) is 19.2 Å². The number of likely N-dealkylation sites (N-methyl/N-ethyl adjacent to an activating group) is 1. The van der Waals surface area contributed by atoms with E-state index in [9.17, 15) is 18.0 Å². The lowest BCUT2D eigenvalue weighted by Gasteiger charge is -2.39. The van der Waals surface area contributed by atoms with Gasteiger partial charge < -0.3 is 20.1 Å². The number of alkyl halides is 3. The molecule has 2 N–H and O–H groups in total. The molecule has 0 saturated carbocycles. The van der Waals surface area contributed by atoms with Crippen LogP contribution in [0.15, 0.2) is 28.8 Å². The van der Waals surface area contributed by atoms with E-state index in [2.05, 4.69) is 19.6 Å². The average molecular weight is 369 g/mol. The van der Waals surface area contributed by atoms with Gasteiger partial charge in [0, 0.05) is 37.3 Å². The van der Waals surface area contributed by atoms with Crippen LogP contribution in [0.3, 0.4) is 0 Å². The summed E-state index contributed by atoms with van der Waals surface area (Å²) in [4.78, 5) is 19.9. The fourth-order valence-corrected chi connectivity index (χ4v) is 2.86. The Kier molecular flexibility index (Phi) is 4.97. The molecule has 26 heavy (non-hydrogen) atoms. The molecule has 0 bridgehead atoms. The highest BCUT2D eigenvalue weighted by molar-refractivity contribution is 5.95. The first-order chi connectivity index (χ1) is 12.3. The standard InChI is InChI=1S/C16H18F3N5O2/c1-23-6-7-24(12(8-20)9-23)14(25)11-4-2-10(3-5-11)13-21-15(26-22-13)16(17,18)19/h2-5,12H,6-9,20H2,1H3. The Morgan fingerprint density at radius 1 is 1.31 bits per heavy atom. The number of aromatic nitrogens is 2. The van der Waals surface area contributed by atoms with Gasteiger partial charge in [-0.3, -0.25) is 4.79 Å². The SMILES string of the molecule is CN1CCN(C(=O)c2ccc(-c3noc(C(F)(F)F)n3)cc2)C(CN)C1. The third kappa shape index (κ3) is 3.70. The molecule has 10 heteroatoms. The van der Waals surface area contributed by atoms with Crippen molar-refractivity contribution in [1.82, 2.24) is 19.9 Å². The molecular formula is C16H18F3N5O2. The molecule has 1 aromatic heterocycles. The maximum atomic E-state index is 12.7. The second-order valence-corrected chi connectivity index (χ2v) is 6.15. The van der Waals surface area contributed by atoms with Crippen molar-refractivity contribution in [3.63, 3.8) is 0 Å². The van der Waals surface area contributed by atoms with Gasteiger partial charge in [0.25, 0.3) is 5.91 Å². The zero-order valence-corrected chi connectivity index (χ0v) is 14.0. The quantitative estimate of drug-likeness (QED) is 0.882. The van der Waals surface area contributed by atoms with Gasteiger partial charge >= 0.3 is 12.1 Å². The van der Waals surface area contributed by atoms with Crippen LogP contribution in [0.4, 0.5) is 13.2 Å². The number of amides is 1. The summed E-state index contributed by atoms with van der Waals surface area (Å²) in [6, 6.07) is 5.98. The van der Waals surface area contributed by atoms with Crippen LogP contribution in [0, 0.1) is 0 Å². The van der Waals surface area contributed by atoms with Crippen LogP contribution in [0.25, 0.3) is 11.4 Å². The lowest BCUT2D eigenvalue weighted by molar-refractivity contribution is -0.159. The zero-order valence-electron chi connectivity index (χ0n) is 14.0. The number of nitrogens with two attached hydrogens (primary N) is 1. The Bertz CT molecular complexity index is 775. The highest BCUT2D eigenvalue weighted by Gasteiger charge is 2.38. The van der Waals surface area contributed by atoms with Crippen LogP contribution in [-0.2, 0) is 6.18 Å². The summed E-state index contributed by atoms with van der Waals surface area (Å²) in [5.74, 6) is -1.75. The summed E-state index contributed by atoms with van der Waals surface area (Å²) in [6.07, 6.45) is -4.69. The number of piperazine rings is 1. The highest BCUT2D eigenvalue weighted by atomic mass is 19.4. The topological polar surface area (TPSA) is 88.5 Å². The van der Waals surface area contributed by atoms with E-state index in [4.69, 9.17) is 5.73 Å². The summed E-state index contributed by atoms with van der Waals surface area (Å²) in [5, 5.41) is 3.33. The van der Waals surface area contributed by atoms with Gasteiger partial charge in [-0.2, -0.15) is 18.2 Å². The molecule has 1 atom stereocenters. The minimum absolute atomic E-state index is 0.0764. The molecule has 3 rings (SSSR count). The van der Waals surface area contributed by atoms with E-state index in [1.54, 1.807) is 4.90 Å². The van der Waals surface area contributed by atoms with E-state index in [1.807, 2.05) is 7.05 Å². The molecule has 2 heterocycles. The maximum absolute atomic E-state index is 12.7. The van der Waals surface area contributed by atoms with Crippen molar-refractivity contribution < 1.29 is 22.5 Å². The Labute approximate surface area is 147 Å². The molecular weight excluding hydrogens is 351 g/mol. The lowest BCUT2D eigenvalue weighted by atomic mass is 10.1. The van der Waals surface area contributed by atoms with Gasteiger partial charge in [0.15, 0.2) is 0 Å². The van der Waals surface area contributed by atoms with E-state index in [0.717, 1.165) is 6.54 Å². The van der Waals surface area contributed by atoms with Crippen LogP contribution in [0.1, 0.15) is 16.2 Å². The minimum atomic E-state index is -4.69. The molecule has 1 aliphatic rings. The first-order valence-corrected chi connectivity index (χ1v) is 8.00. The summed E-state index contributed by atoms with van der Waals surface area (Å²) in [6.45, 7) is 2.38. The largest absolute Gasteiger partial charge is 0.471 e. The number of carbonyl (C=O) groups excluding carboxylic acids is 1. The van der Waals surface area contributed by atoms with Gasteiger partial charge in [-0.15, -0.1) is 0 Å². The van der Waals surface area contributed by atoms with E-state index in [1.165, 1.54) is 24.3 Å². The number of carbonyl (C=O) groups is 1. The predicted molar refractivity (Wildman–Crippen MR) is 86.1 cm³/mol. The van der Waals surface area contributed by atoms with Gasteiger partial charge in [0.2, 0.25) is 5.82 Å². The normalized spacial score (nSPS) is 19.0. The van der Waals surface area contributed by atoms with Crippen LogP contribution >= 0.6 is 0 Å². The molecule has 1 aromatic carbocycles. The molecule has 1 aliphatic heterocycles. The van der Waals surface area contributed by atoms with Crippen LogP contribution in [-0.4, -0.2) is 65.1 Å². The molecule has 140 valence electrons. The van der Waals surface area contributed by atoms with Gasteiger partial charge in [-0.25, -0.2) is 0 Å². The fourth-order valence-electron chi connectivity index (χ4n) is 2.86. The van der Waals surface area contributed by atoms with Crippen molar-refractivity contribution in [2.75, 3.05) is 33.2 Å². The van der Waals surface area contributed by atoms with E-state index >= 15 is 0 Å². The maximum Gasteiger partial charge on any atom is 0.471 e. The Morgan fingerprint density at radius 3 is 2.58 bits per heavy atom. The van der Waals surface area contributed by atoms with E-state index in [0.29, 0.717) is 30.8 Å². The van der Waals surface area contributed by atoms with Crippen LogP contribution < -0.4 is 5.73 Å². The smallest absolute Gasteiger partial charge is 0.332 e. The number of nitrogens with zero attached hydrogens (tertiary/aromatic N) is 4. The lowest BCUT2D eigenvalue weighted by Crippen LogP contribution is -2.56. The Balaban J connectivity index is 1.77. The minimum Gasteiger partial charge on any atom is -0.332 e. The molecule has 1 amide bonds. The van der Waals surface area contributed by atoms with Crippen molar-refractivity contribution in [2.45, 2.75) is 12.2 Å². The molecule has 1 fully saturated rings. The first kappa shape index (κ1) is 18.3. The van der Waals surface area contributed by atoms with Gasteiger partial charge in [0.1, 0.15) is 0 Å². The number of hydrogen-bond donors (Lipinski definition) is 1. The van der Waals surface area contributed by atoms with Crippen molar-refractivity contribution in [1.29, 1.82) is 0 Å². The Hall–Kier alpha value is -2.46. The second kappa shape index (κ2) is 7.04. The number of halogens is 3. The Morgan fingerprint density at radius 2 is 2.00 bits per heavy atom. The summed E-state index contributed by atoms with van der Waals surface area (Å²) in [7, 11) is 1.97. The molecule has 1 saturated heterocycles. The molecule has 1 unspecified atom stereocenters. The zero-order chi connectivity index (χ0) is 18.9. The number of rotatable bonds is 3. The third-order valence-corrected chi connectivity index (χ3v) is 4.28. The van der Waals surface area contributed by atoms with Crippen molar-refractivity contribution in [3.05, 3.63) is 35.7 Å². The average Bonchev–Trinajstić information content (AvgIpc) is 3.11. The van der Waals surface area contributed by atoms with E-state index < -0.39 is 12.1 Å². The molecule has 0 radical (unpaired) electrons. The van der Waals surface area contributed by atoms with Crippen molar-refractivity contribution in [2.24, 2.45) is 5.73 Å². The molecule has 2 aromatic rings. The number of hydrogen-bond acceptors (Lipinski definition) is 6. The highest BCUT2D eigenvalue weighted by Crippen LogP contribution is 2.29. The summed E-state index contributed by atoms with van der Waals surface area (Å²) in [5.41, 5.74) is 6.53. The summed E-state index contributed by atoms with van der Waals surface area (Å²) >= 11 is 0. The van der Waals surface area contributed by atoms with E-state index in [-0.39, 0.29) is 17.8 Å². The fraction of sp³-hybridized carbons (Fsp3) is 0.438. The van der Waals surface area contributed by atoms with Crippen molar-refractivity contribution >= 4 is 5.91 Å². The number of benzene rings is 1. The van der Waals surface area contributed by atoms with Crippen LogP contribution in [0.2, 0.25) is 0 Å². The first-order valence-electron chi connectivity index (χ1n) is 8.00.